The van der Waals surface area contributed by atoms with Crippen molar-refractivity contribution in [2.45, 2.75) is 25.9 Å². The maximum Gasteiger partial charge on any atom is 0.222 e. The Labute approximate surface area is 121 Å². The summed E-state index contributed by atoms with van der Waals surface area (Å²) in [5, 5.41) is 9.20. The summed E-state index contributed by atoms with van der Waals surface area (Å²) in [5.41, 5.74) is 3.01. The van der Waals surface area contributed by atoms with Crippen LogP contribution in [0.3, 0.4) is 0 Å². The number of hydrogen-bond donors (Lipinski definition) is 1. The lowest BCUT2D eigenvalue weighted by Gasteiger charge is -2.14. The van der Waals surface area contributed by atoms with Crippen LogP contribution in [-0.4, -0.2) is 38.7 Å². The molecule has 106 valence electrons. The van der Waals surface area contributed by atoms with Crippen molar-refractivity contribution in [1.29, 1.82) is 0 Å². The number of aromatic nitrogens is 3. The van der Waals surface area contributed by atoms with Crippen LogP contribution in [0.1, 0.15) is 25.1 Å². The van der Waals surface area contributed by atoms with Crippen molar-refractivity contribution in [3.05, 3.63) is 28.8 Å². The van der Waals surface area contributed by atoms with Crippen molar-refractivity contribution in [1.82, 2.24) is 19.7 Å². The van der Waals surface area contributed by atoms with E-state index in [1.807, 2.05) is 22.5 Å². The molecule has 1 saturated heterocycles. The summed E-state index contributed by atoms with van der Waals surface area (Å²) in [7, 11) is 0. The molecule has 0 aromatic carbocycles. The monoisotopic (exact) mass is 291 g/mol. The van der Waals surface area contributed by atoms with E-state index in [1.165, 1.54) is 6.92 Å². The van der Waals surface area contributed by atoms with Gasteiger partial charge in [0.05, 0.1) is 17.2 Å². The minimum Gasteiger partial charge on any atom is -0.309 e. The van der Waals surface area contributed by atoms with Crippen molar-refractivity contribution in [3.63, 3.8) is 0 Å². The van der Waals surface area contributed by atoms with E-state index in [2.05, 4.69) is 25.7 Å². The molecule has 1 aliphatic rings. The summed E-state index contributed by atoms with van der Waals surface area (Å²) in [6.07, 6.45) is 3.01. The molecule has 0 saturated carbocycles. The second-order valence-electron chi connectivity index (χ2n) is 5.02. The van der Waals surface area contributed by atoms with Gasteiger partial charge >= 0.3 is 0 Å². The fraction of sp³-hybridized carbons (Fsp3) is 0.462. The number of nitrogens with one attached hydrogen (secondary N) is 1. The van der Waals surface area contributed by atoms with Gasteiger partial charge in [0.2, 0.25) is 5.91 Å². The average molecular weight is 291 g/mol. The Kier molecular flexibility index (Phi) is 3.79. The van der Waals surface area contributed by atoms with Crippen LogP contribution in [0.5, 0.6) is 0 Å². The Hall–Kier alpha value is -1.73. The maximum absolute atomic E-state index is 11.0. The molecule has 20 heavy (non-hydrogen) atoms. The second kappa shape index (κ2) is 5.72. The Bertz CT molecular complexity index is 579. The first kappa shape index (κ1) is 13.3. The van der Waals surface area contributed by atoms with Gasteiger partial charge in [-0.05, 0) is 6.42 Å². The van der Waals surface area contributed by atoms with Gasteiger partial charge in [-0.2, -0.15) is 5.10 Å². The number of anilines is 1. The standard InChI is InChI=1S/C13H17N5OS/c1-10(19)15-13-3-5-18(16-13)12-2-4-17(7-12)6-11-8-20-9-14-11/h3,5,8-9,12H,2,4,6-7H2,1H3,(H,15,16,19)/t12-/m1/s1. The number of amides is 1. The third kappa shape index (κ3) is 3.05. The molecule has 6 nitrogen and oxygen atoms in total. The van der Waals surface area contributed by atoms with E-state index >= 15 is 0 Å². The van der Waals surface area contributed by atoms with Crippen molar-refractivity contribution < 1.29 is 4.79 Å². The summed E-state index contributed by atoms with van der Waals surface area (Å²) in [6.45, 7) is 4.42. The summed E-state index contributed by atoms with van der Waals surface area (Å²) >= 11 is 1.63. The van der Waals surface area contributed by atoms with Gasteiger partial charge in [-0.1, -0.05) is 0 Å². The molecular weight excluding hydrogens is 274 g/mol. The zero-order valence-corrected chi connectivity index (χ0v) is 12.1. The average Bonchev–Trinajstić information content (AvgIpc) is 3.09. The second-order valence-corrected chi connectivity index (χ2v) is 5.74. The molecule has 1 fully saturated rings. The molecule has 1 amide bonds. The zero-order chi connectivity index (χ0) is 13.9. The molecule has 7 heteroatoms. The van der Waals surface area contributed by atoms with Gasteiger partial charge in [-0.3, -0.25) is 14.4 Å². The highest BCUT2D eigenvalue weighted by Crippen LogP contribution is 2.23. The lowest BCUT2D eigenvalue weighted by molar-refractivity contribution is -0.114. The van der Waals surface area contributed by atoms with Crippen LogP contribution in [0.25, 0.3) is 0 Å². The minimum atomic E-state index is -0.0909. The molecule has 1 atom stereocenters. The third-order valence-electron chi connectivity index (χ3n) is 3.40. The quantitative estimate of drug-likeness (QED) is 0.932. The number of carbonyl (C=O) groups excluding carboxylic acids is 1. The van der Waals surface area contributed by atoms with Crippen molar-refractivity contribution >= 4 is 23.1 Å². The molecule has 3 heterocycles. The van der Waals surface area contributed by atoms with Gasteiger partial charge in [-0.25, -0.2) is 4.98 Å². The Morgan fingerprint density at radius 3 is 3.25 bits per heavy atom. The van der Waals surface area contributed by atoms with Crippen LogP contribution in [0.4, 0.5) is 5.82 Å². The third-order valence-corrected chi connectivity index (χ3v) is 4.04. The van der Waals surface area contributed by atoms with Crippen LogP contribution < -0.4 is 5.32 Å². The first-order chi connectivity index (χ1) is 9.70. The Morgan fingerprint density at radius 2 is 2.50 bits per heavy atom. The first-order valence-corrected chi connectivity index (χ1v) is 7.57. The summed E-state index contributed by atoms with van der Waals surface area (Å²) < 4.78 is 1.95. The molecule has 2 aromatic heterocycles. The summed E-state index contributed by atoms with van der Waals surface area (Å²) in [4.78, 5) is 17.7. The van der Waals surface area contributed by atoms with Crippen molar-refractivity contribution in [2.75, 3.05) is 18.4 Å². The number of nitrogens with zero attached hydrogens (tertiary/aromatic N) is 4. The van der Waals surface area contributed by atoms with Crippen LogP contribution in [0.15, 0.2) is 23.2 Å². The highest BCUT2D eigenvalue weighted by atomic mass is 32.1. The fourth-order valence-corrected chi connectivity index (χ4v) is 3.05. The van der Waals surface area contributed by atoms with Crippen LogP contribution in [0, 0.1) is 0 Å². The van der Waals surface area contributed by atoms with Gasteiger partial charge < -0.3 is 5.32 Å². The van der Waals surface area contributed by atoms with E-state index in [0.717, 1.165) is 31.7 Å². The minimum absolute atomic E-state index is 0.0909. The van der Waals surface area contributed by atoms with Crippen molar-refractivity contribution in [2.24, 2.45) is 0 Å². The van der Waals surface area contributed by atoms with E-state index in [-0.39, 0.29) is 5.91 Å². The highest BCUT2D eigenvalue weighted by Gasteiger charge is 2.24. The SMILES string of the molecule is CC(=O)Nc1ccn([C@@H]2CCN(Cc3cscn3)C2)n1. The number of rotatable bonds is 4. The van der Waals surface area contributed by atoms with E-state index in [4.69, 9.17) is 0 Å². The van der Waals surface area contributed by atoms with E-state index in [1.54, 1.807) is 11.3 Å². The Morgan fingerprint density at radius 1 is 1.60 bits per heavy atom. The Balaban J connectivity index is 1.59. The summed E-state index contributed by atoms with van der Waals surface area (Å²) in [5.74, 6) is 0.530. The smallest absolute Gasteiger partial charge is 0.222 e. The predicted molar refractivity (Wildman–Crippen MR) is 77.6 cm³/mol. The van der Waals surface area contributed by atoms with Gasteiger partial charge in [0.1, 0.15) is 0 Å². The molecule has 0 unspecified atom stereocenters. The fourth-order valence-electron chi connectivity index (χ4n) is 2.50. The molecular formula is C13H17N5OS. The number of hydrogen-bond acceptors (Lipinski definition) is 5. The summed E-state index contributed by atoms with van der Waals surface area (Å²) in [6, 6.07) is 2.21. The molecule has 1 N–H and O–H groups in total. The molecule has 0 aliphatic carbocycles. The molecule has 0 bridgehead atoms. The number of likely N-dealkylation sites (tertiary alicyclic amines) is 1. The normalized spacial score (nSPS) is 19.4. The van der Waals surface area contributed by atoms with E-state index in [0.29, 0.717) is 11.9 Å². The first-order valence-electron chi connectivity index (χ1n) is 6.63. The largest absolute Gasteiger partial charge is 0.309 e. The molecule has 0 radical (unpaired) electrons. The molecule has 3 rings (SSSR count). The van der Waals surface area contributed by atoms with Crippen LogP contribution in [0.2, 0.25) is 0 Å². The van der Waals surface area contributed by atoms with E-state index in [9.17, 15) is 4.79 Å². The molecule has 0 spiro atoms. The zero-order valence-electron chi connectivity index (χ0n) is 11.3. The number of carbonyl (C=O) groups is 1. The predicted octanol–water partition coefficient (Wildman–Crippen LogP) is 1.74. The van der Waals surface area contributed by atoms with Gasteiger partial charge in [0, 0.05) is 44.2 Å². The molecule has 2 aromatic rings. The van der Waals surface area contributed by atoms with Crippen LogP contribution >= 0.6 is 11.3 Å². The topological polar surface area (TPSA) is 63.1 Å². The van der Waals surface area contributed by atoms with Gasteiger partial charge in [-0.15, -0.1) is 11.3 Å². The molecule has 1 aliphatic heterocycles. The van der Waals surface area contributed by atoms with Gasteiger partial charge in [0.15, 0.2) is 5.82 Å². The maximum atomic E-state index is 11.0. The van der Waals surface area contributed by atoms with Crippen molar-refractivity contribution in [3.8, 4) is 0 Å². The highest BCUT2D eigenvalue weighted by molar-refractivity contribution is 7.07. The van der Waals surface area contributed by atoms with Crippen LogP contribution in [-0.2, 0) is 11.3 Å². The number of thiazole rings is 1. The lowest BCUT2D eigenvalue weighted by Crippen LogP contribution is -2.21. The lowest BCUT2D eigenvalue weighted by atomic mass is 10.3. The van der Waals surface area contributed by atoms with E-state index < -0.39 is 0 Å². The van der Waals surface area contributed by atoms with Gasteiger partial charge in [0.25, 0.3) is 0 Å².